The van der Waals surface area contributed by atoms with Gasteiger partial charge in [-0.05, 0) is 49.4 Å². The summed E-state index contributed by atoms with van der Waals surface area (Å²) >= 11 is 0. The first kappa shape index (κ1) is 24.5. The van der Waals surface area contributed by atoms with Crippen LogP contribution >= 0.6 is 0 Å². The zero-order valence-corrected chi connectivity index (χ0v) is 20.5. The van der Waals surface area contributed by atoms with Crippen LogP contribution in [-0.4, -0.2) is 71.8 Å². The fraction of sp³-hybridized carbons (Fsp3) is 0.640. The molecule has 3 fully saturated rings. The number of aliphatic hydroxyl groups excluding tert-OH is 1. The topological polar surface area (TPSA) is 117 Å². The Bertz CT molecular complexity index is 966. The van der Waals surface area contributed by atoms with Crippen LogP contribution < -0.4 is 15.4 Å². The lowest BCUT2D eigenvalue weighted by molar-refractivity contribution is -0.150. The maximum atomic E-state index is 14.0. The van der Waals surface area contributed by atoms with Crippen molar-refractivity contribution in [1.82, 2.24) is 10.2 Å². The Morgan fingerprint density at radius 1 is 1.24 bits per heavy atom. The SMILES string of the molecule is CC[C@]12CCC3(O1)C(C(=O)Nc1ccc(OC)cc1)N([C@@H](CO)C(C)C)C(=O)[C@@H]3[C@H]2C(=O)NC. The Labute approximate surface area is 200 Å². The number of fused-ring (bicyclic) bond motifs is 1. The Morgan fingerprint density at radius 2 is 1.91 bits per heavy atom. The van der Waals surface area contributed by atoms with Gasteiger partial charge in [-0.3, -0.25) is 14.4 Å². The minimum Gasteiger partial charge on any atom is -0.497 e. The summed E-state index contributed by atoms with van der Waals surface area (Å²) in [6.45, 7) is 5.47. The largest absolute Gasteiger partial charge is 0.497 e. The number of ether oxygens (including phenoxy) is 2. The molecule has 3 N–H and O–H groups in total. The highest BCUT2D eigenvalue weighted by Gasteiger charge is 2.79. The van der Waals surface area contributed by atoms with Crippen molar-refractivity contribution in [3.8, 4) is 5.75 Å². The van der Waals surface area contributed by atoms with E-state index in [4.69, 9.17) is 9.47 Å². The average Bonchev–Trinajstić information content (AvgIpc) is 3.43. The van der Waals surface area contributed by atoms with E-state index in [-0.39, 0.29) is 30.2 Å². The lowest BCUT2D eigenvalue weighted by Crippen LogP contribution is -2.57. The molecule has 3 aliphatic heterocycles. The first-order valence-electron chi connectivity index (χ1n) is 12.0. The van der Waals surface area contributed by atoms with Crippen molar-refractivity contribution in [3.05, 3.63) is 24.3 Å². The number of hydrogen-bond acceptors (Lipinski definition) is 6. The number of amides is 3. The molecule has 9 heteroatoms. The summed E-state index contributed by atoms with van der Waals surface area (Å²) in [5, 5.41) is 15.8. The predicted octanol–water partition coefficient (Wildman–Crippen LogP) is 1.55. The summed E-state index contributed by atoms with van der Waals surface area (Å²) in [5.41, 5.74) is -1.34. The second-order valence-corrected chi connectivity index (χ2v) is 9.90. The van der Waals surface area contributed by atoms with E-state index in [0.29, 0.717) is 30.7 Å². The highest BCUT2D eigenvalue weighted by atomic mass is 16.5. The van der Waals surface area contributed by atoms with Crippen LogP contribution in [0, 0.1) is 17.8 Å². The third kappa shape index (κ3) is 3.40. The van der Waals surface area contributed by atoms with Crippen LogP contribution in [0.3, 0.4) is 0 Å². The Kier molecular flexibility index (Phi) is 6.37. The van der Waals surface area contributed by atoms with Crippen LogP contribution in [0.2, 0.25) is 0 Å². The van der Waals surface area contributed by atoms with E-state index < -0.39 is 35.1 Å². The van der Waals surface area contributed by atoms with Crippen LogP contribution in [0.4, 0.5) is 5.69 Å². The molecule has 3 saturated heterocycles. The summed E-state index contributed by atoms with van der Waals surface area (Å²) in [6, 6.07) is 5.40. The van der Waals surface area contributed by atoms with E-state index in [1.807, 2.05) is 20.8 Å². The molecule has 0 aromatic heterocycles. The van der Waals surface area contributed by atoms with Gasteiger partial charge in [0.15, 0.2) is 0 Å². The molecule has 186 valence electrons. The number of nitrogens with zero attached hydrogens (tertiary/aromatic N) is 1. The zero-order chi connectivity index (χ0) is 24.8. The van der Waals surface area contributed by atoms with E-state index in [0.717, 1.165) is 0 Å². The van der Waals surface area contributed by atoms with Crippen molar-refractivity contribution >= 4 is 23.4 Å². The van der Waals surface area contributed by atoms with E-state index in [1.165, 1.54) is 4.90 Å². The molecular weight excluding hydrogens is 438 g/mol. The highest BCUT2D eigenvalue weighted by Crippen LogP contribution is 2.64. The maximum absolute atomic E-state index is 14.0. The number of hydrogen-bond donors (Lipinski definition) is 3. The average molecular weight is 474 g/mol. The molecule has 4 rings (SSSR count). The van der Waals surface area contributed by atoms with Crippen molar-refractivity contribution < 1.29 is 29.0 Å². The molecule has 0 aliphatic carbocycles. The molecule has 6 atom stereocenters. The monoisotopic (exact) mass is 473 g/mol. The summed E-state index contributed by atoms with van der Waals surface area (Å²) in [5.74, 6) is -1.84. The molecule has 3 aliphatic rings. The normalized spacial score (nSPS) is 32.6. The number of benzene rings is 1. The summed E-state index contributed by atoms with van der Waals surface area (Å²) in [4.78, 5) is 42.3. The maximum Gasteiger partial charge on any atom is 0.250 e. The van der Waals surface area contributed by atoms with Crippen LogP contribution in [0.1, 0.15) is 40.0 Å². The Hall–Kier alpha value is -2.65. The Balaban J connectivity index is 1.78. The number of carbonyl (C=O) groups is 3. The van der Waals surface area contributed by atoms with Gasteiger partial charge in [0.2, 0.25) is 17.7 Å². The van der Waals surface area contributed by atoms with Gasteiger partial charge in [0.25, 0.3) is 0 Å². The number of carbonyl (C=O) groups excluding carboxylic acids is 3. The lowest BCUT2D eigenvalue weighted by atomic mass is 9.65. The quantitative estimate of drug-likeness (QED) is 0.528. The first-order valence-corrected chi connectivity index (χ1v) is 12.0. The van der Waals surface area contributed by atoms with Crippen molar-refractivity contribution in [3.63, 3.8) is 0 Å². The van der Waals surface area contributed by atoms with E-state index in [2.05, 4.69) is 10.6 Å². The molecule has 0 radical (unpaired) electrons. The number of anilines is 1. The fourth-order valence-electron chi connectivity index (χ4n) is 6.37. The third-order valence-electron chi connectivity index (χ3n) is 8.07. The fourth-order valence-corrected chi connectivity index (χ4v) is 6.37. The highest BCUT2D eigenvalue weighted by molar-refractivity contribution is 6.04. The lowest BCUT2D eigenvalue weighted by Gasteiger charge is -2.38. The third-order valence-corrected chi connectivity index (χ3v) is 8.07. The van der Waals surface area contributed by atoms with Gasteiger partial charge >= 0.3 is 0 Å². The number of methoxy groups -OCH3 is 1. The van der Waals surface area contributed by atoms with Gasteiger partial charge in [-0.2, -0.15) is 0 Å². The van der Waals surface area contributed by atoms with Crippen molar-refractivity contribution in [2.45, 2.75) is 63.3 Å². The Morgan fingerprint density at radius 3 is 2.44 bits per heavy atom. The van der Waals surface area contributed by atoms with Gasteiger partial charge in [0.05, 0.1) is 37.2 Å². The molecule has 1 aromatic rings. The van der Waals surface area contributed by atoms with Gasteiger partial charge in [0, 0.05) is 12.7 Å². The molecule has 9 nitrogen and oxygen atoms in total. The molecular formula is C25H35N3O6. The van der Waals surface area contributed by atoms with Crippen LogP contribution in [0.15, 0.2) is 24.3 Å². The van der Waals surface area contributed by atoms with Gasteiger partial charge in [-0.15, -0.1) is 0 Å². The molecule has 3 heterocycles. The number of likely N-dealkylation sites (tertiary alicyclic amines) is 1. The zero-order valence-electron chi connectivity index (χ0n) is 20.5. The van der Waals surface area contributed by atoms with Gasteiger partial charge in [-0.25, -0.2) is 0 Å². The van der Waals surface area contributed by atoms with Crippen LogP contribution in [-0.2, 0) is 19.1 Å². The van der Waals surface area contributed by atoms with Crippen molar-refractivity contribution in [2.24, 2.45) is 17.8 Å². The summed E-state index contributed by atoms with van der Waals surface area (Å²) in [6.07, 6.45) is 1.66. The van der Waals surface area contributed by atoms with Crippen molar-refractivity contribution in [1.29, 1.82) is 0 Å². The molecule has 1 spiro atoms. The number of nitrogens with one attached hydrogen (secondary N) is 2. The molecule has 3 amide bonds. The van der Waals surface area contributed by atoms with Gasteiger partial charge < -0.3 is 30.1 Å². The first-order chi connectivity index (χ1) is 16.2. The second-order valence-electron chi connectivity index (χ2n) is 9.90. The minimum atomic E-state index is -1.12. The predicted molar refractivity (Wildman–Crippen MR) is 125 cm³/mol. The number of aliphatic hydroxyl groups is 1. The van der Waals surface area contributed by atoms with Gasteiger partial charge in [-0.1, -0.05) is 20.8 Å². The summed E-state index contributed by atoms with van der Waals surface area (Å²) in [7, 11) is 3.12. The van der Waals surface area contributed by atoms with E-state index >= 15 is 0 Å². The van der Waals surface area contributed by atoms with Crippen LogP contribution in [0.5, 0.6) is 5.75 Å². The van der Waals surface area contributed by atoms with Crippen LogP contribution in [0.25, 0.3) is 0 Å². The second kappa shape index (κ2) is 8.85. The summed E-state index contributed by atoms with van der Waals surface area (Å²) < 4.78 is 11.8. The van der Waals surface area contributed by atoms with Crippen molar-refractivity contribution in [2.75, 3.05) is 26.1 Å². The van der Waals surface area contributed by atoms with Gasteiger partial charge in [0.1, 0.15) is 17.4 Å². The van der Waals surface area contributed by atoms with E-state index in [9.17, 15) is 19.5 Å². The van der Waals surface area contributed by atoms with E-state index in [1.54, 1.807) is 38.4 Å². The minimum absolute atomic E-state index is 0.101. The molecule has 34 heavy (non-hydrogen) atoms. The molecule has 0 saturated carbocycles. The molecule has 2 unspecified atom stereocenters. The molecule has 2 bridgehead atoms. The molecule has 1 aromatic carbocycles. The number of rotatable bonds is 8. The standard InChI is InChI=1S/C25H35N3O6/c1-6-24-11-12-25(34-24)19(18(24)21(30)26-4)23(32)28(17(13-29)14(2)3)20(25)22(31)27-15-7-9-16(33-5)10-8-15/h7-10,14,17-20,29H,6,11-13H2,1-5H3,(H,26,30)(H,27,31)/t17-,18-,19-,20?,24+,25?/m0/s1. The smallest absolute Gasteiger partial charge is 0.250 e.